The van der Waals surface area contributed by atoms with Gasteiger partial charge in [-0.25, -0.2) is 27.0 Å². The highest BCUT2D eigenvalue weighted by molar-refractivity contribution is 7.90. The van der Waals surface area contributed by atoms with Crippen LogP contribution in [0, 0.1) is 26.6 Å². The van der Waals surface area contributed by atoms with Crippen molar-refractivity contribution in [1.29, 1.82) is 0 Å². The lowest BCUT2D eigenvalue weighted by atomic mass is 10.2. The number of nitrogens with zero attached hydrogens (tertiary/aromatic N) is 3. The van der Waals surface area contributed by atoms with E-state index in [1.165, 1.54) is 11.4 Å². The lowest BCUT2D eigenvalue weighted by molar-refractivity contribution is -0.140. The number of sulfonamides is 1. The molecule has 0 saturated carbocycles. The van der Waals surface area contributed by atoms with Crippen molar-refractivity contribution >= 4 is 21.6 Å². The minimum Gasteiger partial charge on any atom is -0.268 e. The van der Waals surface area contributed by atoms with Crippen molar-refractivity contribution in [2.45, 2.75) is 31.8 Å². The third-order valence-corrected chi connectivity index (χ3v) is 5.45. The monoisotopic (exact) mass is 430 g/mol. The molecule has 154 valence electrons. The molecule has 0 saturated heterocycles. The SMILES string of the molecule is Cc1cc(C)n2nc(C)c(C(=O)NS(=O)(=O)c3ccc(F)cc3C(F)(F)F)c2n1. The highest BCUT2D eigenvalue weighted by Crippen LogP contribution is 2.34. The summed E-state index contributed by atoms with van der Waals surface area (Å²) in [4.78, 5) is 15.5. The van der Waals surface area contributed by atoms with Crippen LogP contribution in [0.3, 0.4) is 0 Å². The van der Waals surface area contributed by atoms with Gasteiger partial charge in [0.15, 0.2) is 5.65 Å². The average Bonchev–Trinajstić information content (AvgIpc) is 2.89. The van der Waals surface area contributed by atoms with Gasteiger partial charge < -0.3 is 0 Å². The molecule has 1 amide bonds. The molecular formula is C17H14F4N4O3S. The van der Waals surface area contributed by atoms with Crippen LogP contribution < -0.4 is 4.72 Å². The number of aryl methyl sites for hydroxylation is 3. The standard InChI is InChI=1S/C17H14F4N4O3S/c1-8-6-9(2)25-15(22-8)14(10(3)23-25)16(26)24-29(27,28)13-5-4-11(18)7-12(13)17(19,20)21/h4-7H,1-3H3,(H,24,26). The summed E-state index contributed by atoms with van der Waals surface area (Å²) in [5.74, 6) is -2.47. The lowest BCUT2D eigenvalue weighted by Crippen LogP contribution is -2.32. The molecule has 3 aromatic rings. The first kappa shape index (κ1) is 20.7. The number of carbonyl (C=O) groups is 1. The Kier molecular flexibility index (Phi) is 4.85. The molecule has 0 aliphatic heterocycles. The normalized spacial score (nSPS) is 12.4. The van der Waals surface area contributed by atoms with E-state index in [4.69, 9.17) is 0 Å². The van der Waals surface area contributed by atoms with E-state index in [1.54, 1.807) is 24.6 Å². The smallest absolute Gasteiger partial charge is 0.268 e. The van der Waals surface area contributed by atoms with Crippen LogP contribution in [0.1, 0.15) is 33.0 Å². The number of hydrogen-bond donors (Lipinski definition) is 1. The fourth-order valence-electron chi connectivity index (χ4n) is 2.88. The maximum Gasteiger partial charge on any atom is 0.417 e. The molecule has 1 N–H and O–H groups in total. The van der Waals surface area contributed by atoms with E-state index in [-0.39, 0.29) is 23.0 Å². The van der Waals surface area contributed by atoms with Crippen LogP contribution in [-0.4, -0.2) is 28.9 Å². The van der Waals surface area contributed by atoms with Gasteiger partial charge in [0.1, 0.15) is 11.4 Å². The summed E-state index contributed by atoms with van der Waals surface area (Å²) in [6, 6.07) is 2.74. The van der Waals surface area contributed by atoms with Gasteiger partial charge in [0.25, 0.3) is 15.9 Å². The second-order valence-electron chi connectivity index (χ2n) is 6.31. The van der Waals surface area contributed by atoms with Gasteiger partial charge in [0, 0.05) is 11.4 Å². The molecular weight excluding hydrogens is 416 g/mol. The summed E-state index contributed by atoms with van der Waals surface area (Å²) in [7, 11) is -4.97. The van der Waals surface area contributed by atoms with Crippen LogP contribution in [-0.2, 0) is 16.2 Å². The van der Waals surface area contributed by atoms with Crippen molar-refractivity contribution in [1.82, 2.24) is 19.3 Å². The van der Waals surface area contributed by atoms with Gasteiger partial charge in [-0.15, -0.1) is 0 Å². The van der Waals surface area contributed by atoms with E-state index in [0.717, 1.165) is 0 Å². The summed E-state index contributed by atoms with van der Waals surface area (Å²) in [5, 5.41) is 4.11. The van der Waals surface area contributed by atoms with Crippen LogP contribution >= 0.6 is 0 Å². The number of aromatic nitrogens is 3. The van der Waals surface area contributed by atoms with Crippen molar-refractivity contribution in [2.24, 2.45) is 0 Å². The zero-order chi connectivity index (χ0) is 21.7. The van der Waals surface area contributed by atoms with Crippen LogP contribution in [0.2, 0.25) is 0 Å². The molecule has 0 atom stereocenters. The van der Waals surface area contributed by atoms with Crippen molar-refractivity contribution in [3.05, 3.63) is 58.3 Å². The van der Waals surface area contributed by atoms with Gasteiger partial charge in [-0.2, -0.15) is 18.3 Å². The highest BCUT2D eigenvalue weighted by atomic mass is 32.2. The molecule has 3 rings (SSSR count). The van der Waals surface area contributed by atoms with E-state index in [1.807, 2.05) is 0 Å². The maximum absolute atomic E-state index is 13.3. The summed E-state index contributed by atoms with van der Waals surface area (Å²) < 4.78 is 80.7. The van der Waals surface area contributed by atoms with Gasteiger partial charge in [-0.3, -0.25) is 4.79 Å². The quantitative estimate of drug-likeness (QED) is 0.645. The van der Waals surface area contributed by atoms with Gasteiger partial charge in [0.2, 0.25) is 0 Å². The Morgan fingerprint density at radius 2 is 1.79 bits per heavy atom. The third-order valence-electron chi connectivity index (χ3n) is 4.06. The third kappa shape index (κ3) is 3.79. The second-order valence-corrected chi connectivity index (χ2v) is 7.96. The molecule has 0 aliphatic carbocycles. The minimum atomic E-state index is -5.15. The topological polar surface area (TPSA) is 93.4 Å². The number of benzene rings is 1. The van der Waals surface area contributed by atoms with Gasteiger partial charge >= 0.3 is 6.18 Å². The summed E-state index contributed by atoms with van der Waals surface area (Å²) in [5.41, 5.74) is -0.577. The Hall–Kier alpha value is -3.02. The van der Waals surface area contributed by atoms with Crippen molar-refractivity contribution < 1.29 is 30.8 Å². The second kappa shape index (κ2) is 6.79. The molecule has 12 heteroatoms. The number of alkyl halides is 3. The molecule has 0 radical (unpaired) electrons. The minimum absolute atomic E-state index is 0.0495. The number of hydrogen-bond acceptors (Lipinski definition) is 5. The van der Waals surface area contributed by atoms with Gasteiger partial charge in [-0.1, -0.05) is 0 Å². The molecule has 1 aromatic carbocycles. The summed E-state index contributed by atoms with van der Waals surface area (Å²) in [6.45, 7) is 4.78. The molecule has 2 heterocycles. The molecule has 29 heavy (non-hydrogen) atoms. The predicted molar refractivity (Wildman–Crippen MR) is 93.3 cm³/mol. The molecule has 0 fully saturated rings. The molecule has 7 nitrogen and oxygen atoms in total. The lowest BCUT2D eigenvalue weighted by Gasteiger charge is -2.14. The first-order chi connectivity index (χ1) is 13.3. The van der Waals surface area contributed by atoms with E-state index in [0.29, 0.717) is 23.5 Å². The Morgan fingerprint density at radius 3 is 2.41 bits per heavy atom. The van der Waals surface area contributed by atoms with Crippen LogP contribution in [0.5, 0.6) is 0 Å². The summed E-state index contributed by atoms with van der Waals surface area (Å²) in [6.07, 6.45) is -5.15. The number of halogens is 4. The van der Waals surface area contributed by atoms with Gasteiger partial charge in [-0.05, 0) is 45.0 Å². The molecule has 0 bridgehead atoms. The van der Waals surface area contributed by atoms with E-state index < -0.39 is 38.4 Å². The zero-order valence-corrected chi connectivity index (χ0v) is 16.1. The maximum atomic E-state index is 13.3. The fourth-order valence-corrected chi connectivity index (χ4v) is 4.05. The van der Waals surface area contributed by atoms with Crippen molar-refractivity contribution in [3.8, 4) is 0 Å². The van der Waals surface area contributed by atoms with Crippen molar-refractivity contribution in [2.75, 3.05) is 0 Å². The Labute approximate surface area is 162 Å². The molecule has 0 spiro atoms. The summed E-state index contributed by atoms with van der Waals surface area (Å²) >= 11 is 0. The molecule has 0 unspecified atom stereocenters. The number of rotatable bonds is 3. The first-order valence-corrected chi connectivity index (χ1v) is 9.57. The number of fused-ring (bicyclic) bond motifs is 1. The zero-order valence-electron chi connectivity index (χ0n) is 15.3. The van der Waals surface area contributed by atoms with Gasteiger partial charge in [0.05, 0.1) is 16.2 Å². The Bertz CT molecular complexity index is 1250. The average molecular weight is 430 g/mol. The molecule has 0 aliphatic rings. The number of carbonyl (C=O) groups excluding carboxylic acids is 1. The first-order valence-electron chi connectivity index (χ1n) is 8.09. The number of amides is 1. The van der Waals surface area contributed by atoms with Crippen LogP contribution in [0.25, 0.3) is 5.65 Å². The van der Waals surface area contributed by atoms with Crippen LogP contribution in [0.15, 0.2) is 29.2 Å². The van der Waals surface area contributed by atoms with E-state index in [2.05, 4.69) is 10.1 Å². The predicted octanol–water partition coefficient (Wildman–Crippen LogP) is 2.93. The Morgan fingerprint density at radius 1 is 1.14 bits per heavy atom. The van der Waals surface area contributed by atoms with E-state index >= 15 is 0 Å². The fraction of sp³-hybridized carbons (Fsp3) is 0.235. The highest BCUT2D eigenvalue weighted by Gasteiger charge is 2.38. The largest absolute Gasteiger partial charge is 0.417 e. The van der Waals surface area contributed by atoms with E-state index in [9.17, 15) is 30.8 Å². The number of nitrogens with one attached hydrogen (secondary N) is 1. The van der Waals surface area contributed by atoms with Crippen LogP contribution in [0.4, 0.5) is 17.6 Å². The molecule has 2 aromatic heterocycles. The van der Waals surface area contributed by atoms with Crippen molar-refractivity contribution in [3.63, 3.8) is 0 Å². The Balaban J connectivity index is 2.09.